The maximum Gasteiger partial charge on any atom is 0.262 e. The van der Waals surface area contributed by atoms with E-state index in [1.54, 1.807) is 42.8 Å². The maximum atomic E-state index is 13.1. The summed E-state index contributed by atoms with van der Waals surface area (Å²) in [6, 6.07) is 22.3. The van der Waals surface area contributed by atoms with Crippen molar-refractivity contribution in [1.29, 1.82) is 0 Å². The van der Waals surface area contributed by atoms with Gasteiger partial charge in [0.05, 0.1) is 35.3 Å². The molecular weight excluding hydrogens is 454 g/mol. The molecule has 6 nitrogen and oxygen atoms in total. The van der Waals surface area contributed by atoms with Gasteiger partial charge in [0.15, 0.2) is 5.16 Å². The highest BCUT2D eigenvalue weighted by molar-refractivity contribution is 8.00. The van der Waals surface area contributed by atoms with Gasteiger partial charge in [-0.1, -0.05) is 48.2 Å². The Morgan fingerprint density at radius 1 is 1.12 bits per heavy atom. The van der Waals surface area contributed by atoms with Crippen LogP contribution < -0.4 is 15.6 Å². The van der Waals surface area contributed by atoms with Crippen LogP contribution >= 0.6 is 23.5 Å². The molecule has 1 aliphatic heterocycles. The van der Waals surface area contributed by atoms with E-state index in [4.69, 9.17) is 4.74 Å². The van der Waals surface area contributed by atoms with E-state index in [2.05, 4.69) is 10.3 Å². The molecule has 1 atom stereocenters. The smallest absolute Gasteiger partial charge is 0.262 e. The number of nitrogens with zero attached hydrogens (tertiary/aromatic N) is 2. The van der Waals surface area contributed by atoms with Crippen molar-refractivity contribution in [2.75, 3.05) is 23.9 Å². The highest BCUT2D eigenvalue weighted by Crippen LogP contribution is 2.36. The van der Waals surface area contributed by atoms with Crippen LogP contribution in [0.1, 0.15) is 16.4 Å². The van der Waals surface area contributed by atoms with Crippen LogP contribution in [0.15, 0.2) is 87.6 Å². The average molecular weight is 476 g/mol. The number of carbonyl (C=O) groups is 1. The zero-order valence-corrected chi connectivity index (χ0v) is 19.5. The standard InChI is InChI=1S/C25H21N3O3S2/c1-31-21-12-6-3-9-18(21)23(29)26-20-11-5-7-13-22(20)32-14-16-15-33-25-27-19-10-4-2-8-17(19)24(30)28(16)25/h2-13,16H,14-15H2,1H3,(H,26,29)/t16-/m0/s1. The molecule has 8 heteroatoms. The number of methoxy groups -OCH3 is 1. The number of thioether (sulfide) groups is 2. The van der Waals surface area contributed by atoms with Crippen LogP contribution in [0.4, 0.5) is 5.69 Å². The van der Waals surface area contributed by atoms with Gasteiger partial charge in [0, 0.05) is 16.4 Å². The lowest BCUT2D eigenvalue weighted by atomic mass is 10.2. The summed E-state index contributed by atoms with van der Waals surface area (Å²) >= 11 is 3.23. The minimum atomic E-state index is -0.228. The van der Waals surface area contributed by atoms with Crippen molar-refractivity contribution >= 4 is 46.0 Å². The molecule has 1 amide bonds. The summed E-state index contributed by atoms with van der Waals surface area (Å²) in [6.07, 6.45) is 0. The SMILES string of the molecule is COc1ccccc1C(=O)Nc1ccccc1SC[C@H]1CSc2nc3ccccc3c(=O)n21. The molecule has 2 heterocycles. The maximum absolute atomic E-state index is 13.1. The highest BCUT2D eigenvalue weighted by Gasteiger charge is 2.27. The van der Waals surface area contributed by atoms with Crippen molar-refractivity contribution in [3.8, 4) is 5.75 Å². The third-order valence-electron chi connectivity index (χ3n) is 5.46. The molecular formula is C25H21N3O3S2. The number of amides is 1. The largest absolute Gasteiger partial charge is 0.496 e. The molecule has 5 rings (SSSR count). The van der Waals surface area contributed by atoms with Gasteiger partial charge in [0.25, 0.3) is 11.5 Å². The molecule has 4 aromatic rings. The van der Waals surface area contributed by atoms with Gasteiger partial charge in [0.1, 0.15) is 5.75 Å². The molecule has 0 saturated carbocycles. The summed E-state index contributed by atoms with van der Waals surface area (Å²) in [5, 5.41) is 4.41. The van der Waals surface area contributed by atoms with Crippen LogP contribution in [0, 0.1) is 0 Å². The summed E-state index contributed by atoms with van der Waals surface area (Å²) < 4.78 is 7.13. The fourth-order valence-electron chi connectivity index (χ4n) is 3.82. The Bertz CT molecular complexity index is 1400. The van der Waals surface area contributed by atoms with Crippen LogP contribution in [0.5, 0.6) is 5.75 Å². The molecule has 0 saturated heterocycles. The van der Waals surface area contributed by atoms with Crippen LogP contribution in [0.3, 0.4) is 0 Å². The summed E-state index contributed by atoms with van der Waals surface area (Å²) in [6.45, 7) is 0. The van der Waals surface area contributed by atoms with Gasteiger partial charge in [-0.3, -0.25) is 14.2 Å². The Balaban J connectivity index is 1.36. The molecule has 1 aliphatic rings. The zero-order chi connectivity index (χ0) is 22.8. The Morgan fingerprint density at radius 3 is 2.76 bits per heavy atom. The second kappa shape index (κ2) is 9.33. The van der Waals surface area contributed by atoms with E-state index >= 15 is 0 Å². The van der Waals surface area contributed by atoms with Gasteiger partial charge in [-0.25, -0.2) is 4.98 Å². The normalized spacial score (nSPS) is 14.8. The Kier molecular flexibility index (Phi) is 6.11. The third kappa shape index (κ3) is 4.24. The van der Waals surface area contributed by atoms with Gasteiger partial charge < -0.3 is 10.1 Å². The monoisotopic (exact) mass is 475 g/mol. The minimum absolute atomic E-state index is 0.00367. The summed E-state index contributed by atoms with van der Waals surface area (Å²) in [5.41, 5.74) is 1.95. The summed E-state index contributed by atoms with van der Waals surface area (Å²) in [5.74, 6) is 1.79. The van der Waals surface area contributed by atoms with Crippen LogP contribution in [0.2, 0.25) is 0 Å². The molecule has 3 aromatic carbocycles. The first-order valence-corrected chi connectivity index (χ1v) is 12.4. The summed E-state index contributed by atoms with van der Waals surface area (Å²) in [7, 11) is 1.55. The fraction of sp³-hybridized carbons (Fsp3) is 0.160. The van der Waals surface area contributed by atoms with Crippen molar-refractivity contribution in [3.63, 3.8) is 0 Å². The first kappa shape index (κ1) is 21.6. The van der Waals surface area contributed by atoms with E-state index in [0.717, 1.165) is 27.0 Å². The van der Waals surface area contributed by atoms with E-state index < -0.39 is 0 Å². The quantitative estimate of drug-likeness (QED) is 0.309. The topological polar surface area (TPSA) is 73.2 Å². The van der Waals surface area contributed by atoms with E-state index in [0.29, 0.717) is 22.5 Å². The Morgan fingerprint density at radius 2 is 1.88 bits per heavy atom. The lowest BCUT2D eigenvalue weighted by Gasteiger charge is -2.16. The number of carbonyl (C=O) groups excluding carboxylic acids is 1. The van der Waals surface area contributed by atoms with Gasteiger partial charge in [0.2, 0.25) is 0 Å². The van der Waals surface area contributed by atoms with Gasteiger partial charge in [-0.15, -0.1) is 11.8 Å². The Labute approximate surface area is 199 Å². The predicted octanol–water partition coefficient (Wildman–Crippen LogP) is 5.10. The number of benzene rings is 3. The molecule has 0 fully saturated rings. The minimum Gasteiger partial charge on any atom is -0.496 e. The first-order valence-electron chi connectivity index (χ1n) is 10.5. The second-order valence-corrected chi connectivity index (χ2v) is 9.56. The molecule has 0 bridgehead atoms. The second-order valence-electron chi connectivity index (χ2n) is 7.51. The van der Waals surface area contributed by atoms with E-state index in [9.17, 15) is 9.59 Å². The molecule has 1 aromatic heterocycles. The van der Waals surface area contributed by atoms with Crippen molar-refractivity contribution in [2.45, 2.75) is 16.1 Å². The predicted molar refractivity (Wildman–Crippen MR) is 134 cm³/mol. The van der Waals surface area contributed by atoms with E-state index in [-0.39, 0.29) is 17.5 Å². The van der Waals surface area contributed by atoms with Crippen molar-refractivity contribution in [3.05, 3.63) is 88.7 Å². The average Bonchev–Trinajstić information content (AvgIpc) is 3.26. The number of ether oxygens (including phenoxy) is 1. The molecule has 0 radical (unpaired) electrons. The summed E-state index contributed by atoms with van der Waals surface area (Å²) in [4.78, 5) is 31.6. The van der Waals surface area contributed by atoms with Crippen molar-refractivity contribution < 1.29 is 9.53 Å². The molecule has 33 heavy (non-hydrogen) atoms. The van der Waals surface area contributed by atoms with E-state index in [1.807, 2.05) is 65.2 Å². The number of aromatic nitrogens is 2. The number of nitrogens with one attached hydrogen (secondary N) is 1. The molecule has 166 valence electrons. The first-order chi connectivity index (χ1) is 16.2. The lowest BCUT2D eigenvalue weighted by Crippen LogP contribution is -2.26. The van der Waals surface area contributed by atoms with Crippen molar-refractivity contribution in [1.82, 2.24) is 9.55 Å². The number of rotatable bonds is 6. The lowest BCUT2D eigenvalue weighted by molar-refractivity contribution is 0.102. The van der Waals surface area contributed by atoms with Gasteiger partial charge in [-0.05, 0) is 36.4 Å². The third-order valence-corrected chi connectivity index (χ3v) is 7.78. The van der Waals surface area contributed by atoms with E-state index in [1.165, 1.54) is 0 Å². The van der Waals surface area contributed by atoms with Crippen LogP contribution in [-0.4, -0.2) is 34.1 Å². The fourth-order valence-corrected chi connectivity index (χ4v) is 6.20. The molecule has 0 aliphatic carbocycles. The number of fused-ring (bicyclic) bond motifs is 2. The molecule has 1 N–H and O–H groups in total. The Hall–Kier alpha value is -3.23. The molecule has 0 spiro atoms. The number of hydrogen-bond acceptors (Lipinski definition) is 6. The van der Waals surface area contributed by atoms with Crippen molar-refractivity contribution in [2.24, 2.45) is 0 Å². The number of anilines is 1. The molecule has 0 unspecified atom stereocenters. The van der Waals surface area contributed by atoms with Crippen LogP contribution in [0.25, 0.3) is 10.9 Å². The van der Waals surface area contributed by atoms with Gasteiger partial charge >= 0.3 is 0 Å². The zero-order valence-electron chi connectivity index (χ0n) is 17.9. The van der Waals surface area contributed by atoms with Crippen LogP contribution in [-0.2, 0) is 0 Å². The number of hydrogen-bond donors (Lipinski definition) is 1. The number of para-hydroxylation sites is 3. The van der Waals surface area contributed by atoms with Gasteiger partial charge in [-0.2, -0.15) is 0 Å². The highest BCUT2D eigenvalue weighted by atomic mass is 32.2.